The van der Waals surface area contributed by atoms with E-state index < -0.39 is 0 Å². The summed E-state index contributed by atoms with van der Waals surface area (Å²) in [5.74, 6) is 1.20. The van der Waals surface area contributed by atoms with Crippen LogP contribution in [0.1, 0.15) is 12.5 Å². The number of nitrogen functional groups attached to an aromatic ring is 1. The van der Waals surface area contributed by atoms with Crippen LogP contribution in [0.2, 0.25) is 0 Å². The van der Waals surface area contributed by atoms with E-state index in [1.165, 1.54) is 5.56 Å². The Morgan fingerprint density at radius 2 is 1.94 bits per heavy atom. The van der Waals surface area contributed by atoms with Crippen molar-refractivity contribution in [3.63, 3.8) is 0 Å². The smallest absolute Gasteiger partial charge is 0.242 e. The van der Waals surface area contributed by atoms with E-state index in [1.807, 2.05) is 24.3 Å². The molecule has 0 atom stereocenters. The van der Waals surface area contributed by atoms with Gasteiger partial charge in [-0.3, -0.25) is 0 Å². The fourth-order valence-electron chi connectivity index (χ4n) is 1.39. The van der Waals surface area contributed by atoms with Crippen LogP contribution < -0.4 is 10.5 Å². The molecule has 0 saturated carbocycles. The highest BCUT2D eigenvalue weighted by atomic mass is 16.5. The van der Waals surface area contributed by atoms with Gasteiger partial charge < -0.3 is 10.5 Å². The van der Waals surface area contributed by atoms with Crippen LogP contribution in [-0.2, 0) is 6.42 Å². The first-order valence-electron chi connectivity index (χ1n) is 5.27. The van der Waals surface area contributed by atoms with Gasteiger partial charge in [0.05, 0.1) is 5.69 Å². The van der Waals surface area contributed by atoms with Crippen molar-refractivity contribution in [2.75, 3.05) is 5.73 Å². The summed E-state index contributed by atoms with van der Waals surface area (Å²) in [6.07, 6.45) is 2.68. The summed E-state index contributed by atoms with van der Waals surface area (Å²) in [7, 11) is 0. The van der Waals surface area contributed by atoms with Gasteiger partial charge in [0.1, 0.15) is 5.75 Å². The zero-order chi connectivity index (χ0) is 11.4. The predicted octanol–water partition coefficient (Wildman–Crippen LogP) is 3.02. The fraction of sp³-hybridized carbons (Fsp3) is 0.154. The molecule has 2 N–H and O–H groups in total. The average molecular weight is 214 g/mol. The Hall–Kier alpha value is -2.03. The van der Waals surface area contributed by atoms with Crippen molar-refractivity contribution in [2.24, 2.45) is 0 Å². The normalized spacial score (nSPS) is 10.1. The first-order chi connectivity index (χ1) is 7.79. The van der Waals surface area contributed by atoms with E-state index in [4.69, 9.17) is 10.5 Å². The number of hydrogen-bond acceptors (Lipinski definition) is 3. The molecule has 0 bridgehead atoms. The van der Waals surface area contributed by atoms with Crippen LogP contribution in [0.15, 0.2) is 42.6 Å². The minimum absolute atomic E-state index is 0.451. The molecular weight excluding hydrogens is 200 g/mol. The van der Waals surface area contributed by atoms with Gasteiger partial charge in [0.15, 0.2) is 0 Å². The van der Waals surface area contributed by atoms with Crippen LogP contribution in [0.5, 0.6) is 11.6 Å². The summed E-state index contributed by atoms with van der Waals surface area (Å²) in [6, 6.07) is 11.5. The number of nitrogens with two attached hydrogens (primary N) is 1. The van der Waals surface area contributed by atoms with E-state index in [0.29, 0.717) is 11.6 Å². The average Bonchev–Trinajstić information content (AvgIpc) is 2.33. The van der Waals surface area contributed by atoms with Crippen LogP contribution in [0.3, 0.4) is 0 Å². The third-order valence-corrected chi connectivity index (χ3v) is 2.35. The van der Waals surface area contributed by atoms with Gasteiger partial charge in [0, 0.05) is 6.20 Å². The Morgan fingerprint density at radius 3 is 2.56 bits per heavy atom. The minimum Gasteiger partial charge on any atom is -0.437 e. The van der Waals surface area contributed by atoms with Crippen molar-refractivity contribution in [3.05, 3.63) is 48.2 Å². The maximum atomic E-state index is 5.74. The lowest BCUT2D eigenvalue weighted by Crippen LogP contribution is -1.94. The van der Waals surface area contributed by atoms with Crippen LogP contribution in [0.25, 0.3) is 0 Å². The molecule has 3 heteroatoms. The summed E-state index contributed by atoms with van der Waals surface area (Å²) in [5.41, 5.74) is 7.56. The molecular formula is C13H14N2O. The van der Waals surface area contributed by atoms with Gasteiger partial charge in [-0.25, -0.2) is 4.98 Å². The fourth-order valence-corrected chi connectivity index (χ4v) is 1.39. The molecule has 0 unspecified atom stereocenters. The Morgan fingerprint density at radius 1 is 1.19 bits per heavy atom. The zero-order valence-electron chi connectivity index (χ0n) is 9.18. The SMILES string of the molecule is CCc1ccc(Oc2ncccc2N)cc1. The summed E-state index contributed by atoms with van der Waals surface area (Å²) in [5, 5.41) is 0. The van der Waals surface area contributed by atoms with E-state index in [1.54, 1.807) is 18.3 Å². The molecule has 2 aromatic rings. The molecule has 0 aliphatic rings. The van der Waals surface area contributed by atoms with Crippen molar-refractivity contribution in [1.29, 1.82) is 0 Å². The van der Waals surface area contributed by atoms with E-state index in [2.05, 4.69) is 11.9 Å². The predicted molar refractivity (Wildman–Crippen MR) is 64.5 cm³/mol. The molecule has 1 aromatic heterocycles. The second kappa shape index (κ2) is 4.66. The number of nitrogens with zero attached hydrogens (tertiary/aromatic N) is 1. The van der Waals surface area contributed by atoms with E-state index >= 15 is 0 Å². The summed E-state index contributed by atoms with van der Waals surface area (Å²) in [6.45, 7) is 2.12. The van der Waals surface area contributed by atoms with E-state index in [0.717, 1.165) is 12.2 Å². The van der Waals surface area contributed by atoms with Gasteiger partial charge in [0.2, 0.25) is 5.88 Å². The molecule has 0 spiro atoms. The summed E-state index contributed by atoms with van der Waals surface area (Å²) < 4.78 is 5.57. The maximum absolute atomic E-state index is 5.74. The zero-order valence-corrected chi connectivity index (χ0v) is 9.18. The van der Waals surface area contributed by atoms with Crippen LogP contribution in [0.4, 0.5) is 5.69 Å². The monoisotopic (exact) mass is 214 g/mol. The van der Waals surface area contributed by atoms with Crippen LogP contribution in [0, 0.1) is 0 Å². The molecule has 82 valence electrons. The first-order valence-corrected chi connectivity index (χ1v) is 5.27. The van der Waals surface area contributed by atoms with Gasteiger partial charge in [-0.05, 0) is 36.2 Å². The Balaban J connectivity index is 2.18. The van der Waals surface area contributed by atoms with Gasteiger partial charge in [-0.15, -0.1) is 0 Å². The standard InChI is InChI=1S/C13H14N2O/c1-2-10-5-7-11(8-6-10)16-13-12(14)4-3-9-15-13/h3-9H,2,14H2,1H3. The maximum Gasteiger partial charge on any atom is 0.242 e. The molecule has 1 aromatic carbocycles. The van der Waals surface area contributed by atoms with Crippen molar-refractivity contribution in [1.82, 2.24) is 4.98 Å². The molecule has 0 aliphatic carbocycles. The Kier molecular flexibility index (Phi) is 3.05. The molecule has 0 radical (unpaired) electrons. The molecule has 3 nitrogen and oxygen atoms in total. The van der Waals surface area contributed by atoms with Gasteiger partial charge in [0.25, 0.3) is 0 Å². The lowest BCUT2D eigenvalue weighted by molar-refractivity contribution is 0.465. The van der Waals surface area contributed by atoms with Crippen molar-refractivity contribution in [3.8, 4) is 11.6 Å². The second-order valence-electron chi connectivity index (χ2n) is 3.50. The highest BCUT2D eigenvalue weighted by molar-refractivity contribution is 5.48. The molecule has 2 rings (SSSR count). The van der Waals surface area contributed by atoms with Gasteiger partial charge >= 0.3 is 0 Å². The number of pyridine rings is 1. The molecule has 0 saturated heterocycles. The largest absolute Gasteiger partial charge is 0.437 e. The molecule has 1 heterocycles. The second-order valence-corrected chi connectivity index (χ2v) is 3.50. The Labute approximate surface area is 94.9 Å². The summed E-state index contributed by atoms with van der Waals surface area (Å²) >= 11 is 0. The minimum atomic E-state index is 0.451. The van der Waals surface area contributed by atoms with Gasteiger partial charge in [-0.2, -0.15) is 0 Å². The third-order valence-electron chi connectivity index (χ3n) is 2.35. The number of anilines is 1. The highest BCUT2D eigenvalue weighted by Gasteiger charge is 2.02. The number of benzene rings is 1. The van der Waals surface area contributed by atoms with E-state index in [9.17, 15) is 0 Å². The highest BCUT2D eigenvalue weighted by Crippen LogP contribution is 2.24. The molecule has 16 heavy (non-hydrogen) atoms. The van der Waals surface area contributed by atoms with Crippen molar-refractivity contribution in [2.45, 2.75) is 13.3 Å². The van der Waals surface area contributed by atoms with Gasteiger partial charge in [-0.1, -0.05) is 19.1 Å². The third kappa shape index (κ3) is 2.31. The molecule has 0 aliphatic heterocycles. The van der Waals surface area contributed by atoms with Crippen molar-refractivity contribution < 1.29 is 4.74 Å². The number of hydrogen-bond donors (Lipinski definition) is 1. The number of aryl methyl sites for hydroxylation is 1. The molecule has 0 amide bonds. The van der Waals surface area contributed by atoms with Crippen molar-refractivity contribution >= 4 is 5.69 Å². The molecule has 0 fully saturated rings. The number of ether oxygens (including phenoxy) is 1. The topological polar surface area (TPSA) is 48.1 Å². The first kappa shape index (κ1) is 10.5. The number of aromatic nitrogens is 1. The summed E-state index contributed by atoms with van der Waals surface area (Å²) in [4.78, 5) is 4.07. The van der Waals surface area contributed by atoms with Crippen LogP contribution >= 0.6 is 0 Å². The lowest BCUT2D eigenvalue weighted by atomic mass is 10.2. The Bertz CT molecular complexity index is 466. The van der Waals surface area contributed by atoms with E-state index in [-0.39, 0.29) is 0 Å². The number of rotatable bonds is 3. The van der Waals surface area contributed by atoms with Crippen LogP contribution in [-0.4, -0.2) is 4.98 Å². The quantitative estimate of drug-likeness (QED) is 0.854. The lowest BCUT2D eigenvalue weighted by Gasteiger charge is -2.06.